The van der Waals surface area contributed by atoms with Gasteiger partial charge in [0, 0.05) is 25.7 Å². The van der Waals surface area contributed by atoms with E-state index in [1.165, 1.54) is 4.31 Å². The molecule has 1 fully saturated rings. The van der Waals surface area contributed by atoms with E-state index in [9.17, 15) is 8.42 Å². The second-order valence-corrected chi connectivity index (χ2v) is 6.94. The summed E-state index contributed by atoms with van der Waals surface area (Å²) in [4.78, 5) is 0.122. The zero-order valence-corrected chi connectivity index (χ0v) is 12.6. The van der Waals surface area contributed by atoms with Crippen molar-refractivity contribution in [1.29, 1.82) is 5.26 Å². The number of rotatable bonds is 3. The predicted octanol–water partition coefficient (Wildman–Crippen LogP) is 1.24. The van der Waals surface area contributed by atoms with Gasteiger partial charge >= 0.3 is 0 Å². The van der Waals surface area contributed by atoms with Gasteiger partial charge in [-0.05, 0) is 31.0 Å². The van der Waals surface area contributed by atoms with E-state index in [2.05, 4.69) is 5.32 Å². The van der Waals surface area contributed by atoms with Crippen LogP contribution < -0.4 is 5.32 Å². The number of nitriles is 1. The van der Waals surface area contributed by atoms with Gasteiger partial charge in [-0.15, -0.1) is 0 Å². The van der Waals surface area contributed by atoms with E-state index in [0.29, 0.717) is 19.6 Å². The third-order valence-corrected chi connectivity index (χ3v) is 5.49. The van der Waals surface area contributed by atoms with Gasteiger partial charge in [-0.1, -0.05) is 13.0 Å². The molecule has 5 nitrogen and oxygen atoms in total. The lowest BCUT2D eigenvalue weighted by Crippen LogP contribution is -2.52. The monoisotopic (exact) mass is 293 g/mol. The Morgan fingerprint density at radius 3 is 2.90 bits per heavy atom. The lowest BCUT2D eigenvalue weighted by Gasteiger charge is -2.32. The van der Waals surface area contributed by atoms with Crippen molar-refractivity contribution in [3.05, 3.63) is 29.3 Å². The van der Waals surface area contributed by atoms with Crippen molar-refractivity contribution >= 4 is 10.0 Å². The summed E-state index contributed by atoms with van der Waals surface area (Å²) in [6, 6.07) is 7.05. The highest BCUT2D eigenvalue weighted by atomic mass is 32.2. The van der Waals surface area contributed by atoms with Crippen LogP contribution in [0.15, 0.2) is 23.1 Å². The van der Waals surface area contributed by atoms with Gasteiger partial charge in [0.2, 0.25) is 10.0 Å². The van der Waals surface area contributed by atoms with Crippen molar-refractivity contribution in [1.82, 2.24) is 9.62 Å². The second-order valence-electron chi connectivity index (χ2n) is 5.03. The Hall–Kier alpha value is -1.42. The number of hydrogen-bond donors (Lipinski definition) is 1. The van der Waals surface area contributed by atoms with Crippen molar-refractivity contribution in [2.75, 3.05) is 19.6 Å². The van der Waals surface area contributed by atoms with E-state index < -0.39 is 10.0 Å². The fourth-order valence-electron chi connectivity index (χ4n) is 2.36. The first-order valence-electron chi connectivity index (χ1n) is 6.73. The highest BCUT2D eigenvalue weighted by Gasteiger charge is 2.31. The number of benzene rings is 1. The topological polar surface area (TPSA) is 73.2 Å². The third kappa shape index (κ3) is 2.85. The van der Waals surface area contributed by atoms with Crippen molar-refractivity contribution < 1.29 is 8.42 Å². The molecule has 0 aromatic heterocycles. The average Bonchev–Trinajstić information content (AvgIpc) is 2.47. The summed E-state index contributed by atoms with van der Waals surface area (Å²) < 4.78 is 26.9. The smallest absolute Gasteiger partial charge is 0.244 e. The zero-order valence-electron chi connectivity index (χ0n) is 11.8. The first-order chi connectivity index (χ1) is 9.48. The first-order valence-corrected chi connectivity index (χ1v) is 8.17. The van der Waals surface area contributed by atoms with Crippen LogP contribution in [0.3, 0.4) is 0 Å². The minimum absolute atomic E-state index is 0.122. The molecule has 20 heavy (non-hydrogen) atoms. The highest BCUT2D eigenvalue weighted by Crippen LogP contribution is 2.22. The maximum absolute atomic E-state index is 12.7. The molecule has 0 radical (unpaired) electrons. The summed E-state index contributed by atoms with van der Waals surface area (Å²) >= 11 is 0. The lowest BCUT2D eigenvalue weighted by atomic mass is 10.2. The van der Waals surface area contributed by atoms with Gasteiger partial charge in [-0.25, -0.2) is 8.42 Å². The van der Waals surface area contributed by atoms with E-state index in [1.54, 1.807) is 18.2 Å². The molecule has 1 saturated heterocycles. The molecular formula is C14H19N3O2S. The van der Waals surface area contributed by atoms with Gasteiger partial charge < -0.3 is 5.32 Å². The highest BCUT2D eigenvalue weighted by molar-refractivity contribution is 7.89. The quantitative estimate of drug-likeness (QED) is 0.910. The molecule has 1 aliphatic rings. The number of sulfonamides is 1. The summed E-state index contributed by atoms with van der Waals surface area (Å²) in [5.41, 5.74) is 1.05. The minimum Gasteiger partial charge on any atom is -0.311 e. The molecule has 0 aliphatic carbocycles. The maximum Gasteiger partial charge on any atom is 0.244 e. The molecular weight excluding hydrogens is 274 g/mol. The van der Waals surface area contributed by atoms with Crippen LogP contribution in [0.2, 0.25) is 0 Å². The number of nitrogens with zero attached hydrogens (tertiary/aromatic N) is 2. The molecule has 0 bridgehead atoms. The molecule has 0 amide bonds. The van der Waals surface area contributed by atoms with Crippen LogP contribution in [-0.2, 0) is 10.0 Å². The van der Waals surface area contributed by atoms with Crippen LogP contribution in [0.25, 0.3) is 0 Å². The Kier molecular flexibility index (Phi) is 4.43. The Labute approximate surface area is 120 Å². The zero-order chi connectivity index (χ0) is 14.8. The molecule has 2 rings (SSSR count). The summed E-state index contributed by atoms with van der Waals surface area (Å²) in [5.74, 6) is 0. The second kappa shape index (κ2) is 5.92. The maximum atomic E-state index is 12.7. The predicted molar refractivity (Wildman–Crippen MR) is 76.7 cm³/mol. The van der Waals surface area contributed by atoms with Crippen molar-refractivity contribution in [3.8, 4) is 6.07 Å². The van der Waals surface area contributed by atoms with Gasteiger partial charge in [0.05, 0.1) is 5.56 Å². The largest absolute Gasteiger partial charge is 0.311 e. The Bertz CT molecular complexity index is 634. The fraction of sp³-hybridized carbons (Fsp3) is 0.500. The summed E-state index contributed by atoms with van der Waals surface area (Å²) in [6.07, 6.45) is 0.880. The van der Waals surface area contributed by atoms with Crippen molar-refractivity contribution in [3.63, 3.8) is 0 Å². The number of piperazine rings is 1. The molecule has 108 valence electrons. The average molecular weight is 293 g/mol. The molecule has 1 unspecified atom stereocenters. The van der Waals surface area contributed by atoms with E-state index >= 15 is 0 Å². The molecule has 1 atom stereocenters. The Balaban J connectivity index is 2.40. The normalized spacial score (nSPS) is 20.6. The molecule has 1 aliphatic heterocycles. The van der Waals surface area contributed by atoms with Crippen LogP contribution in [-0.4, -0.2) is 38.4 Å². The van der Waals surface area contributed by atoms with Crippen LogP contribution in [0, 0.1) is 18.3 Å². The Morgan fingerprint density at radius 2 is 2.25 bits per heavy atom. The lowest BCUT2D eigenvalue weighted by molar-refractivity contribution is 0.293. The SMILES string of the molecule is CCC1CN(S(=O)(=O)c2cc(C)ccc2C#N)CCN1. The van der Waals surface area contributed by atoms with Crippen LogP contribution >= 0.6 is 0 Å². The van der Waals surface area contributed by atoms with Gasteiger partial charge in [-0.2, -0.15) is 9.57 Å². The number of nitrogens with one attached hydrogen (secondary N) is 1. The van der Waals surface area contributed by atoms with E-state index in [0.717, 1.165) is 12.0 Å². The van der Waals surface area contributed by atoms with E-state index in [-0.39, 0.29) is 16.5 Å². The molecule has 0 spiro atoms. The number of hydrogen-bond acceptors (Lipinski definition) is 4. The Morgan fingerprint density at radius 1 is 1.50 bits per heavy atom. The van der Waals surface area contributed by atoms with Crippen molar-refractivity contribution in [2.24, 2.45) is 0 Å². The van der Waals surface area contributed by atoms with Crippen LogP contribution in [0.5, 0.6) is 0 Å². The summed E-state index contributed by atoms with van der Waals surface area (Å²) in [7, 11) is -3.60. The molecule has 1 heterocycles. The third-order valence-electron chi connectivity index (χ3n) is 3.59. The summed E-state index contributed by atoms with van der Waals surface area (Å²) in [6.45, 7) is 5.40. The van der Waals surface area contributed by atoms with Gasteiger partial charge in [-0.3, -0.25) is 0 Å². The molecule has 6 heteroatoms. The molecule has 0 saturated carbocycles. The van der Waals surface area contributed by atoms with E-state index in [1.807, 2.05) is 19.9 Å². The van der Waals surface area contributed by atoms with Crippen molar-refractivity contribution in [2.45, 2.75) is 31.2 Å². The fourth-order valence-corrected chi connectivity index (χ4v) is 4.07. The summed E-state index contributed by atoms with van der Waals surface area (Å²) in [5, 5.41) is 12.4. The standard InChI is InChI=1S/C14H19N3O2S/c1-3-13-10-17(7-6-16-13)20(18,19)14-8-11(2)4-5-12(14)9-15/h4-5,8,13,16H,3,6-7,10H2,1-2H3. The first kappa shape index (κ1) is 15.0. The van der Waals surface area contributed by atoms with Crippen LogP contribution in [0.1, 0.15) is 24.5 Å². The van der Waals surface area contributed by atoms with Gasteiger partial charge in [0.1, 0.15) is 11.0 Å². The van der Waals surface area contributed by atoms with E-state index in [4.69, 9.17) is 5.26 Å². The number of aryl methyl sites for hydroxylation is 1. The van der Waals surface area contributed by atoms with Gasteiger partial charge in [0.15, 0.2) is 0 Å². The van der Waals surface area contributed by atoms with Gasteiger partial charge in [0.25, 0.3) is 0 Å². The minimum atomic E-state index is -3.60. The molecule has 1 N–H and O–H groups in total. The molecule has 1 aromatic rings. The molecule has 1 aromatic carbocycles. The van der Waals surface area contributed by atoms with Crippen LogP contribution in [0.4, 0.5) is 0 Å².